The molecule has 0 aliphatic carbocycles. The summed E-state index contributed by atoms with van der Waals surface area (Å²) in [4.78, 5) is 0. The molecule has 0 spiro atoms. The molecule has 12 heavy (non-hydrogen) atoms. The Balaban J connectivity index is 3.19. The zero-order valence-corrected chi connectivity index (χ0v) is 7.63. The van der Waals surface area contributed by atoms with Gasteiger partial charge in [0.25, 0.3) is 0 Å². The summed E-state index contributed by atoms with van der Waals surface area (Å²) in [6.07, 6.45) is 1.77. The van der Waals surface area contributed by atoms with Crippen molar-refractivity contribution < 1.29 is 0 Å². The second-order valence-electron chi connectivity index (χ2n) is 3.81. The first-order valence-corrected chi connectivity index (χ1v) is 3.83. The van der Waals surface area contributed by atoms with Crippen molar-refractivity contribution in [3.63, 3.8) is 0 Å². The summed E-state index contributed by atoms with van der Waals surface area (Å²) >= 11 is 0. The maximum atomic E-state index is 8.62. The lowest BCUT2D eigenvalue weighted by Gasteiger charge is -2.22. The summed E-state index contributed by atoms with van der Waals surface area (Å²) in [5.74, 6) is 0.638. The van der Waals surface area contributed by atoms with Crippen LogP contribution in [0.5, 0.6) is 0 Å². The van der Waals surface area contributed by atoms with Crippen LogP contribution in [0.2, 0.25) is 0 Å². The zero-order chi connectivity index (χ0) is 9.35. The number of hydrogen-bond donors (Lipinski definition) is 1. The van der Waals surface area contributed by atoms with Crippen LogP contribution in [0, 0.1) is 11.3 Å². The average molecular weight is 163 g/mol. The maximum absolute atomic E-state index is 8.62. The first-order chi connectivity index (χ1) is 5.45. The van der Waals surface area contributed by atoms with Crippen LogP contribution in [-0.4, -0.2) is 4.57 Å². The van der Waals surface area contributed by atoms with E-state index in [4.69, 9.17) is 11.0 Å². The highest BCUT2D eigenvalue weighted by molar-refractivity contribution is 5.42. The molecule has 0 saturated heterocycles. The predicted octanol–water partition coefficient (Wildman–Crippen LogP) is 1.70. The monoisotopic (exact) mass is 163 g/mol. The Kier molecular flexibility index (Phi) is 1.85. The Morgan fingerprint density at radius 3 is 2.33 bits per heavy atom. The predicted molar refractivity (Wildman–Crippen MR) is 48.6 cm³/mol. The summed E-state index contributed by atoms with van der Waals surface area (Å²) in [5.41, 5.74) is 6.27. The van der Waals surface area contributed by atoms with E-state index in [0.29, 0.717) is 11.4 Å². The lowest BCUT2D eigenvalue weighted by atomic mass is 10.1. The van der Waals surface area contributed by atoms with E-state index >= 15 is 0 Å². The fourth-order valence-corrected chi connectivity index (χ4v) is 1.12. The smallest absolute Gasteiger partial charge is 0.105 e. The third-order valence-electron chi connectivity index (χ3n) is 1.70. The highest BCUT2D eigenvalue weighted by Crippen LogP contribution is 2.21. The molecular formula is C9H13N3. The Bertz CT molecular complexity index is 323. The van der Waals surface area contributed by atoms with Gasteiger partial charge in [-0.25, -0.2) is 0 Å². The second kappa shape index (κ2) is 2.56. The van der Waals surface area contributed by atoms with Crippen LogP contribution < -0.4 is 5.73 Å². The number of anilines is 1. The number of nitrogens with two attached hydrogens (primary N) is 1. The van der Waals surface area contributed by atoms with Gasteiger partial charge in [0.2, 0.25) is 0 Å². The van der Waals surface area contributed by atoms with E-state index in [0.717, 1.165) is 0 Å². The number of nitriles is 1. The number of nitrogen functional groups attached to an aromatic ring is 1. The molecule has 1 aromatic heterocycles. The highest BCUT2D eigenvalue weighted by Gasteiger charge is 2.15. The largest absolute Gasteiger partial charge is 0.385 e. The second-order valence-corrected chi connectivity index (χ2v) is 3.81. The van der Waals surface area contributed by atoms with Gasteiger partial charge < -0.3 is 10.3 Å². The minimum atomic E-state index is -0.0564. The molecule has 0 fully saturated rings. The van der Waals surface area contributed by atoms with Crippen LogP contribution >= 0.6 is 0 Å². The fraction of sp³-hybridized carbons (Fsp3) is 0.444. The normalized spacial score (nSPS) is 11.2. The van der Waals surface area contributed by atoms with Gasteiger partial charge in [-0.05, 0) is 26.8 Å². The Hall–Kier alpha value is -1.43. The molecule has 0 aromatic carbocycles. The van der Waals surface area contributed by atoms with Crippen molar-refractivity contribution in [2.24, 2.45) is 0 Å². The average Bonchev–Trinajstić information content (AvgIpc) is 2.29. The topological polar surface area (TPSA) is 54.7 Å². The summed E-state index contributed by atoms with van der Waals surface area (Å²) < 4.78 is 1.89. The van der Waals surface area contributed by atoms with E-state index in [2.05, 4.69) is 6.07 Å². The van der Waals surface area contributed by atoms with Gasteiger partial charge in [0.1, 0.15) is 11.9 Å². The lowest BCUT2D eigenvalue weighted by Crippen LogP contribution is -2.22. The molecule has 3 heteroatoms. The molecule has 0 radical (unpaired) electrons. The van der Waals surface area contributed by atoms with Gasteiger partial charge in [-0.1, -0.05) is 0 Å². The number of nitrogens with zero attached hydrogens (tertiary/aromatic N) is 2. The van der Waals surface area contributed by atoms with Crippen molar-refractivity contribution in [2.75, 3.05) is 5.73 Å². The van der Waals surface area contributed by atoms with Crippen LogP contribution in [0.15, 0.2) is 12.3 Å². The van der Waals surface area contributed by atoms with Gasteiger partial charge in [-0.2, -0.15) is 5.26 Å². The molecule has 1 rings (SSSR count). The van der Waals surface area contributed by atoms with Crippen molar-refractivity contribution in [3.8, 4) is 6.07 Å². The maximum Gasteiger partial charge on any atom is 0.105 e. The third kappa shape index (κ3) is 1.42. The molecule has 0 bridgehead atoms. The van der Waals surface area contributed by atoms with Gasteiger partial charge in [-0.15, -0.1) is 0 Å². The lowest BCUT2D eigenvalue weighted by molar-refractivity contribution is 0.404. The summed E-state index contributed by atoms with van der Waals surface area (Å²) in [7, 11) is 0. The molecule has 0 saturated carbocycles. The Morgan fingerprint density at radius 1 is 1.50 bits per heavy atom. The van der Waals surface area contributed by atoms with Crippen LogP contribution in [0.25, 0.3) is 0 Å². The number of rotatable bonds is 0. The van der Waals surface area contributed by atoms with Crippen molar-refractivity contribution in [3.05, 3.63) is 17.8 Å². The van der Waals surface area contributed by atoms with E-state index in [-0.39, 0.29) is 5.54 Å². The summed E-state index contributed by atoms with van der Waals surface area (Å²) in [6, 6.07) is 3.75. The van der Waals surface area contributed by atoms with Crippen molar-refractivity contribution in [1.82, 2.24) is 4.57 Å². The molecule has 0 amide bonds. The van der Waals surface area contributed by atoms with Gasteiger partial charge in [0.15, 0.2) is 0 Å². The van der Waals surface area contributed by atoms with Crippen molar-refractivity contribution in [1.29, 1.82) is 5.26 Å². The highest BCUT2D eigenvalue weighted by atomic mass is 15.1. The van der Waals surface area contributed by atoms with E-state index in [9.17, 15) is 0 Å². The molecular weight excluding hydrogens is 150 g/mol. The van der Waals surface area contributed by atoms with Gasteiger partial charge >= 0.3 is 0 Å². The van der Waals surface area contributed by atoms with E-state index in [1.54, 1.807) is 12.3 Å². The molecule has 1 heterocycles. The summed E-state index contributed by atoms with van der Waals surface area (Å²) in [6.45, 7) is 6.14. The molecule has 64 valence electrons. The van der Waals surface area contributed by atoms with Crippen LogP contribution in [-0.2, 0) is 5.54 Å². The van der Waals surface area contributed by atoms with E-state index in [1.165, 1.54) is 0 Å². The third-order valence-corrected chi connectivity index (χ3v) is 1.70. The SMILES string of the molecule is CC(C)(C)n1cc(C#N)cc1N. The molecule has 0 unspecified atom stereocenters. The fourth-order valence-electron chi connectivity index (χ4n) is 1.12. The standard InChI is InChI=1S/C9H13N3/c1-9(2,3)12-6-7(5-10)4-8(12)11/h4,6H,11H2,1-3H3. The first-order valence-electron chi connectivity index (χ1n) is 3.83. The first kappa shape index (κ1) is 8.66. The molecule has 0 aliphatic heterocycles. The van der Waals surface area contributed by atoms with Crippen LogP contribution in [0.1, 0.15) is 26.3 Å². The minimum Gasteiger partial charge on any atom is -0.385 e. The molecule has 0 aliphatic rings. The van der Waals surface area contributed by atoms with Crippen LogP contribution in [0.3, 0.4) is 0 Å². The quantitative estimate of drug-likeness (QED) is 0.632. The van der Waals surface area contributed by atoms with Gasteiger partial charge in [0, 0.05) is 11.7 Å². The van der Waals surface area contributed by atoms with Crippen LogP contribution in [0.4, 0.5) is 5.82 Å². The number of aromatic nitrogens is 1. The van der Waals surface area contributed by atoms with E-state index in [1.807, 2.05) is 25.3 Å². The molecule has 2 N–H and O–H groups in total. The van der Waals surface area contributed by atoms with Crippen molar-refractivity contribution >= 4 is 5.82 Å². The Labute approximate surface area is 72.4 Å². The zero-order valence-electron chi connectivity index (χ0n) is 7.63. The van der Waals surface area contributed by atoms with Gasteiger partial charge in [0.05, 0.1) is 5.56 Å². The Morgan fingerprint density at radius 2 is 2.08 bits per heavy atom. The minimum absolute atomic E-state index is 0.0564. The molecule has 3 nitrogen and oxygen atoms in total. The van der Waals surface area contributed by atoms with E-state index < -0.39 is 0 Å². The summed E-state index contributed by atoms with van der Waals surface area (Å²) in [5, 5.41) is 8.62. The van der Waals surface area contributed by atoms with Gasteiger partial charge in [-0.3, -0.25) is 0 Å². The van der Waals surface area contributed by atoms with Crippen molar-refractivity contribution in [2.45, 2.75) is 26.3 Å². The number of hydrogen-bond acceptors (Lipinski definition) is 2. The molecule has 1 aromatic rings. The molecule has 0 atom stereocenters.